The van der Waals surface area contributed by atoms with Crippen molar-refractivity contribution in [3.63, 3.8) is 0 Å². The van der Waals surface area contributed by atoms with Crippen LogP contribution in [0.4, 0.5) is 0 Å². The Kier molecular flexibility index (Phi) is 9.65. The molecule has 3 aromatic rings. The standard InChI is InChI=1S/C28H34N6O5S/c1-16(2)22-28-33-21(14-40-28)26(37)32-20(13-18-9-5-4-6-10-18)24(35)29-12-8-7-11-19(25(36)34-22)31-27(38)23-17(3)30-15-39-23/h4-6,9-10,14-16,19-20,22H,7-8,11-13H2,1-3H3,(H,29,35)(H,31,38)(H,32,37)(H,34,36)/t19-,20+,22+/m0/s1. The van der Waals surface area contributed by atoms with Crippen LogP contribution in [0.1, 0.15) is 76.5 Å². The van der Waals surface area contributed by atoms with E-state index in [1.807, 2.05) is 44.2 Å². The number of rotatable bonds is 5. The molecule has 1 aromatic carbocycles. The molecular formula is C28H34N6O5S. The van der Waals surface area contributed by atoms with E-state index in [1.165, 1.54) is 17.7 Å². The Bertz CT molecular complexity index is 1340. The molecule has 3 heterocycles. The molecular weight excluding hydrogens is 532 g/mol. The molecule has 4 rings (SSSR count). The van der Waals surface area contributed by atoms with Crippen LogP contribution in [-0.2, 0) is 16.0 Å². The lowest BCUT2D eigenvalue weighted by molar-refractivity contribution is -0.124. The van der Waals surface area contributed by atoms with Gasteiger partial charge in [-0.25, -0.2) is 9.97 Å². The molecule has 0 fully saturated rings. The molecule has 1 aliphatic rings. The highest BCUT2D eigenvalue weighted by Crippen LogP contribution is 2.26. The summed E-state index contributed by atoms with van der Waals surface area (Å²) >= 11 is 1.25. The van der Waals surface area contributed by atoms with Crippen molar-refractivity contribution in [2.45, 2.75) is 64.6 Å². The first-order chi connectivity index (χ1) is 19.2. The van der Waals surface area contributed by atoms with Gasteiger partial charge in [0.05, 0.1) is 11.7 Å². The molecule has 11 nitrogen and oxygen atoms in total. The number of aryl methyl sites for hydroxylation is 1. The number of oxazole rings is 1. The predicted molar refractivity (Wildman–Crippen MR) is 149 cm³/mol. The fourth-order valence-electron chi connectivity index (χ4n) is 4.41. The molecule has 0 unspecified atom stereocenters. The fraction of sp³-hybridized carbons (Fsp3) is 0.429. The van der Waals surface area contributed by atoms with Crippen molar-refractivity contribution in [2.24, 2.45) is 5.92 Å². The minimum atomic E-state index is -0.851. The molecule has 212 valence electrons. The van der Waals surface area contributed by atoms with Gasteiger partial charge >= 0.3 is 0 Å². The molecule has 0 saturated heterocycles. The topological polar surface area (TPSA) is 155 Å². The first-order valence-electron chi connectivity index (χ1n) is 13.3. The number of carbonyl (C=O) groups excluding carboxylic acids is 4. The molecule has 0 spiro atoms. The zero-order valence-corrected chi connectivity index (χ0v) is 23.5. The van der Waals surface area contributed by atoms with Crippen molar-refractivity contribution in [3.8, 4) is 0 Å². The van der Waals surface area contributed by atoms with E-state index in [9.17, 15) is 19.2 Å². The maximum Gasteiger partial charge on any atom is 0.289 e. The lowest BCUT2D eigenvalue weighted by Crippen LogP contribution is -2.49. The summed E-state index contributed by atoms with van der Waals surface area (Å²) in [5.41, 5.74) is 1.51. The number of nitrogens with one attached hydrogen (secondary N) is 4. The van der Waals surface area contributed by atoms with Crippen LogP contribution in [0, 0.1) is 12.8 Å². The van der Waals surface area contributed by atoms with Crippen LogP contribution in [0.5, 0.6) is 0 Å². The molecule has 12 heteroatoms. The fourth-order valence-corrected chi connectivity index (χ4v) is 5.43. The third-order valence-corrected chi connectivity index (χ3v) is 7.61. The number of carbonyl (C=O) groups is 4. The minimum Gasteiger partial charge on any atom is -0.438 e. The number of hydrogen-bond acceptors (Lipinski definition) is 8. The summed E-state index contributed by atoms with van der Waals surface area (Å²) in [5.74, 6) is -1.67. The van der Waals surface area contributed by atoms with Crippen LogP contribution in [0.3, 0.4) is 0 Å². The molecule has 0 aliphatic carbocycles. The first kappa shape index (κ1) is 28.9. The van der Waals surface area contributed by atoms with Gasteiger partial charge in [-0.3, -0.25) is 19.2 Å². The average Bonchev–Trinajstić information content (AvgIpc) is 3.59. The van der Waals surface area contributed by atoms with Gasteiger partial charge in [-0.05, 0) is 37.7 Å². The Hall–Kier alpha value is -4.06. The monoisotopic (exact) mass is 566 g/mol. The van der Waals surface area contributed by atoms with Crippen LogP contribution >= 0.6 is 11.3 Å². The number of fused-ring (bicyclic) bond motifs is 2. The summed E-state index contributed by atoms with van der Waals surface area (Å²) < 4.78 is 5.20. The largest absolute Gasteiger partial charge is 0.438 e. The molecule has 0 saturated carbocycles. The van der Waals surface area contributed by atoms with Crippen molar-refractivity contribution in [1.29, 1.82) is 0 Å². The van der Waals surface area contributed by atoms with E-state index in [4.69, 9.17) is 4.42 Å². The Morgan fingerprint density at radius 3 is 2.60 bits per heavy atom. The summed E-state index contributed by atoms with van der Waals surface area (Å²) in [6.07, 6.45) is 2.98. The number of hydrogen-bond donors (Lipinski definition) is 4. The van der Waals surface area contributed by atoms with Crippen molar-refractivity contribution in [1.82, 2.24) is 31.2 Å². The van der Waals surface area contributed by atoms with Crippen LogP contribution in [0.25, 0.3) is 0 Å². The average molecular weight is 567 g/mol. The Labute approximate surface area is 236 Å². The molecule has 4 amide bonds. The molecule has 40 heavy (non-hydrogen) atoms. The molecule has 2 aromatic heterocycles. The van der Waals surface area contributed by atoms with Gasteiger partial charge < -0.3 is 25.7 Å². The van der Waals surface area contributed by atoms with E-state index < -0.39 is 29.9 Å². The second-order valence-electron chi connectivity index (χ2n) is 10.1. The van der Waals surface area contributed by atoms with E-state index in [-0.39, 0.29) is 29.2 Å². The van der Waals surface area contributed by atoms with Gasteiger partial charge in [0, 0.05) is 18.3 Å². The quantitative estimate of drug-likeness (QED) is 0.370. The highest BCUT2D eigenvalue weighted by atomic mass is 32.1. The normalized spacial score (nSPS) is 20.9. The highest BCUT2D eigenvalue weighted by Gasteiger charge is 2.30. The van der Waals surface area contributed by atoms with Gasteiger partial charge in [0.15, 0.2) is 6.39 Å². The van der Waals surface area contributed by atoms with E-state index in [0.29, 0.717) is 42.9 Å². The molecule has 0 radical (unpaired) electrons. The first-order valence-corrected chi connectivity index (χ1v) is 14.2. The van der Waals surface area contributed by atoms with E-state index >= 15 is 0 Å². The Morgan fingerprint density at radius 1 is 1.12 bits per heavy atom. The SMILES string of the molecule is Cc1ncoc1C(=O)N[C@H]1CCCCNC(=O)[C@@H](Cc2ccccc2)NC(=O)c2csc(n2)[C@@H](C(C)C)NC1=O. The summed E-state index contributed by atoms with van der Waals surface area (Å²) in [6, 6.07) is 7.36. The van der Waals surface area contributed by atoms with Gasteiger partial charge in [-0.1, -0.05) is 44.2 Å². The summed E-state index contributed by atoms with van der Waals surface area (Å²) in [7, 11) is 0. The lowest BCUT2D eigenvalue weighted by Gasteiger charge is -2.25. The third-order valence-electron chi connectivity index (χ3n) is 6.68. The number of aromatic nitrogens is 2. The number of benzene rings is 1. The number of nitrogens with zero attached hydrogens (tertiary/aromatic N) is 2. The van der Waals surface area contributed by atoms with Crippen molar-refractivity contribution >= 4 is 35.0 Å². The van der Waals surface area contributed by atoms with Gasteiger partial charge in [-0.2, -0.15) is 0 Å². The van der Waals surface area contributed by atoms with E-state index in [1.54, 1.807) is 12.3 Å². The predicted octanol–water partition coefficient (Wildman–Crippen LogP) is 2.69. The van der Waals surface area contributed by atoms with Crippen LogP contribution in [0.15, 0.2) is 46.5 Å². The summed E-state index contributed by atoms with van der Waals surface area (Å²) in [6.45, 7) is 5.88. The summed E-state index contributed by atoms with van der Waals surface area (Å²) in [4.78, 5) is 61.0. The molecule has 4 N–H and O–H groups in total. The maximum absolute atomic E-state index is 13.4. The number of amides is 4. The van der Waals surface area contributed by atoms with Crippen LogP contribution < -0.4 is 21.3 Å². The molecule has 1 aliphatic heterocycles. The number of thiazole rings is 1. The zero-order chi connectivity index (χ0) is 28.6. The van der Waals surface area contributed by atoms with Gasteiger partial charge in [0.25, 0.3) is 11.8 Å². The maximum atomic E-state index is 13.4. The van der Waals surface area contributed by atoms with Crippen molar-refractivity contribution in [2.75, 3.05) is 6.54 Å². The lowest BCUT2D eigenvalue weighted by atomic mass is 10.0. The molecule has 3 atom stereocenters. The third kappa shape index (κ3) is 7.32. The Morgan fingerprint density at radius 2 is 1.90 bits per heavy atom. The second-order valence-corrected chi connectivity index (χ2v) is 11.0. The summed E-state index contributed by atoms with van der Waals surface area (Å²) in [5, 5.41) is 13.7. The van der Waals surface area contributed by atoms with Crippen LogP contribution in [0.2, 0.25) is 0 Å². The van der Waals surface area contributed by atoms with Crippen molar-refractivity contribution < 1.29 is 23.6 Å². The van der Waals surface area contributed by atoms with Crippen molar-refractivity contribution in [3.05, 3.63) is 69.8 Å². The second kappa shape index (κ2) is 13.3. The zero-order valence-electron chi connectivity index (χ0n) is 22.7. The Balaban J connectivity index is 1.58. The van der Waals surface area contributed by atoms with Gasteiger partial charge in [0.2, 0.25) is 17.6 Å². The minimum absolute atomic E-state index is 0.0469. The highest BCUT2D eigenvalue weighted by molar-refractivity contribution is 7.09. The van der Waals surface area contributed by atoms with E-state index in [2.05, 4.69) is 31.2 Å². The smallest absolute Gasteiger partial charge is 0.289 e. The van der Waals surface area contributed by atoms with Gasteiger partial charge in [-0.15, -0.1) is 11.3 Å². The van der Waals surface area contributed by atoms with Gasteiger partial charge in [0.1, 0.15) is 22.8 Å². The van der Waals surface area contributed by atoms with Crippen LogP contribution in [-0.4, -0.2) is 52.2 Å². The van der Waals surface area contributed by atoms with E-state index in [0.717, 1.165) is 5.56 Å². The molecule has 2 bridgehead atoms.